The van der Waals surface area contributed by atoms with Crippen LogP contribution in [0.5, 0.6) is 0 Å². The molecule has 1 aliphatic rings. The number of fused-ring (bicyclic) bond motifs is 1. The molecule has 2 atom stereocenters. The molecular weight excluding hydrogens is 418 g/mol. The van der Waals surface area contributed by atoms with Crippen LogP contribution in [0.3, 0.4) is 0 Å². The predicted molar refractivity (Wildman–Crippen MR) is 128 cm³/mol. The molecule has 2 aromatic rings. The van der Waals surface area contributed by atoms with E-state index in [9.17, 15) is 14.8 Å². The van der Waals surface area contributed by atoms with Crippen molar-refractivity contribution in [2.24, 2.45) is 17.3 Å². The highest BCUT2D eigenvalue weighted by Gasteiger charge is 2.34. The van der Waals surface area contributed by atoms with Crippen molar-refractivity contribution in [1.82, 2.24) is 25.2 Å². The maximum absolute atomic E-state index is 13.4. The Morgan fingerprint density at radius 1 is 1.30 bits per heavy atom. The maximum atomic E-state index is 13.4. The van der Waals surface area contributed by atoms with Gasteiger partial charge in [-0.3, -0.25) is 14.8 Å². The van der Waals surface area contributed by atoms with Gasteiger partial charge in [0, 0.05) is 6.54 Å². The molecule has 1 aliphatic carbocycles. The Balaban J connectivity index is 1.83. The van der Waals surface area contributed by atoms with Crippen molar-refractivity contribution in [3.05, 3.63) is 29.6 Å². The molecule has 1 aromatic heterocycles. The molecule has 0 radical (unpaired) electrons. The average Bonchev–Trinajstić information content (AvgIpc) is 3.39. The van der Waals surface area contributed by atoms with Gasteiger partial charge in [0.1, 0.15) is 5.82 Å². The number of benzene rings is 1. The van der Waals surface area contributed by atoms with Crippen molar-refractivity contribution in [2.45, 2.75) is 65.5 Å². The van der Waals surface area contributed by atoms with Gasteiger partial charge in [0.2, 0.25) is 12.3 Å². The molecule has 1 unspecified atom stereocenters. The third kappa shape index (κ3) is 6.77. The van der Waals surface area contributed by atoms with Crippen LogP contribution in [0.4, 0.5) is 0 Å². The number of aromatic nitrogens is 2. The first-order chi connectivity index (χ1) is 15.6. The number of hydrogen-bond donors (Lipinski definition) is 3. The lowest BCUT2D eigenvalue weighted by Crippen LogP contribution is -2.43. The van der Waals surface area contributed by atoms with Gasteiger partial charge in [-0.25, -0.2) is 10.0 Å². The second-order valence-corrected chi connectivity index (χ2v) is 10.8. The number of H-pyrrole nitrogens is 1. The van der Waals surface area contributed by atoms with E-state index in [4.69, 9.17) is 4.98 Å². The molecule has 0 saturated heterocycles. The number of amides is 2. The monoisotopic (exact) mass is 457 g/mol. The minimum Gasteiger partial charge on any atom is -0.345 e. The zero-order valence-electron chi connectivity index (χ0n) is 20.6. The Labute approximate surface area is 196 Å². The molecule has 33 heavy (non-hydrogen) atoms. The standard InChI is InChI=1S/C25H39N5O3/c1-25(2,3)22(23-26-20-11-10-18(14-29(4)5)13-21(20)27-23)28-24(32)19(15-30(33)16-31)12-17-8-6-7-9-17/h10-11,13,16-17,19,22,33H,6-9,12,14-15H2,1-5H3,(H,26,27)(H,28,32)/t19?,22-/m1/s1. The average molecular weight is 458 g/mol. The van der Waals surface area contributed by atoms with Crippen molar-refractivity contribution in [3.63, 3.8) is 0 Å². The van der Waals surface area contributed by atoms with Crippen molar-refractivity contribution < 1.29 is 14.8 Å². The van der Waals surface area contributed by atoms with E-state index >= 15 is 0 Å². The van der Waals surface area contributed by atoms with Gasteiger partial charge >= 0.3 is 0 Å². The molecule has 8 nitrogen and oxygen atoms in total. The van der Waals surface area contributed by atoms with Crippen LogP contribution in [0.15, 0.2) is 18.2 Å². The Morgan fingerprint density at radius 2 is 2.00 bits per heavy atom. The first-order valence-corrected chi connectivity index (χ1v) is 11.9. The molecule has 1 aromatic carbocycles. The number of nitrogens with one attached hydrogen (secondary N) is 2. The highest BCUT2D eigenvalue weighted by Crippen LogP contribution is 2.34. The molecule has 0 spiro atoms. The molecule has 182 valence electrons. The summed E-state index contributed by atoms with van der Waals surface area (Å²) in [5.41, 5.74) is 2.70. The number of aromatic amines is 1. The van der Waals surface area contributed by atoms with Crippen LogP contribution in [0.2, 0.25) is 0 Å². The van der Waals surface area contributed by atoms with E-state index in [0.717, 1.165) is 30.4 Å². The summed E-state index contributed by atoms with van der Waals surface area (Å²) in [5, 5.41) is 13.6. The SMILES string of the molecule is CN(C)Cc1ccc2nc([C@@H](NC(=O)C(CC3CCCC3)CN(O)C=O)C(C)(C)C)[nH]c2c1. The Bertz CT molecular complexity index is 943. The zero-order chi connectivity index (χ0) is 24.2. The fraction of sp³-hybridized carbons (Fsp3) is 0.640. The third-order valence-electron chi connectivity index (χ3n) is 6.48. The summed E-state index contributed by atoms with van der Waals surface area (Å²) in [4.78, 5) is 34.7. The van der Waals surface area contributed by atoms with E-state index in [2.05, 4.69) is 48.1 Å². The summed E-state index contributed by atoms with van der Waals surface area (Å²) in [6.45, 7) is 7.03. The summed E-state index contributed by atoms with van der Waals surface area (Å²) in [7, 11) is 4.07. The van der Waals surface area contributed by atoms with Gasteiger partial charge in [0.05, 0.1) is 29.5 Å². The van der Waals surface area contributed by atoms with Crippen molar-refractivity contribution >= 4 is 23.4 Å². The van der Waals surface area contributed by atoms with Crippen molar-refractivity contribution in [3.8, 4) is 0 Å². The number of carbonyl (C=O) groups is 2. The molecule has 8 heteroatoms. The van der Waals surface area contributed by atoms with Crippen molar-refractivity contribution in [1.29, 1.82) is 0 Å². The molecule has 3 rings (SSSR count). The maximum Gasteiger partial charge on any atom is 0.233 e. The summed E-state index contributed by atoms with van der Waals surface area (Å²) in [6.07, 6.45) is 5.57. The van der Waals surface area contributed by atoms with Gasteiger partial charge in [0.25, 0.3) is 0 Å². The van der Waals surface area contributed by atoms with Crippen LogP contribution < -0.4 is 5.32 Å². The van der Waals surface area contributed by atoms with Crippen LogP contribution in [0.1, 0.15) is 70.3 Å². The highest BCUT2D eigenvalue weighted by molar-refractivity contribution is 5.80. The smallest absolute Gasteiger partial charge is 0.233 e. The first kappa shape index (κ1) is 25.2. The minimum absolute atomic E-state index is 0.00325. The number of imidazole rings is 1. The molecule has 1 fully saturated rings. The van der Waals surface area contributed by atoms with Crippen LogP contribution in [0, 0.1) is 17.3 Å². The van der Waals surface area contributed by atoms with Crippen LogP contribution in [0.25, 0.3) is 11.0 Å². The zero-order valence-corrected chi connectivity index (χ0v) is 20.6. The van der Waals surface area contributed by atoms with Gasteiger partial charge < -0.3 is 15.2 Å². The van der Waals surface area contributed by atoms with Gasteiger partial charge in [0.15, 0.2) is 0 Å². The van der Waals surface area contributed by atoms with Gasteiger partial charge in [-0.1, -0.05) is 52.5 Å². The molecule has 0 bridgehead atoms. The fourth-order valence-corrected chi connectivity index (χ4v) is 4.81. The fourth-order valence-electron chi connectivity index (χ4n) is 4.81. The topological polar surface area (TPSA) is 102 Å². The van der Waals surface area contributed by atoms with Crippen LogP contribution >= 0.6 is 0 Å². The summed E-state index contributed by atoms with van der Waals surface area (Å²) in [5.74, 6) is 0.541. The van der Waals surface area contributed by atoms with E-state index < -0.39 is 5.92 Å². The summed E-state index contributed by atoms with van der Waals surface area (Å²) < 4.78 is 0. The van der Waals surface area contributed by atoms with E-state index in [-0.39, 0.29) is 23.9 Å². The number of rotatable bonds is 10. The van der Waals surface area contributed by atoms with E-state index in [1.165, 1.54) is 18.4 Å². The molecule has 1 saturated carbocycles. The molecular formula is C25H39N5O3. The minimum atomic E-state index is -0.468. The molecule has 0 aliphatic heterocycles. The predicted octanol–water partition coefficient (Wildman–Crippen LogP) is 3.87. The largest absolute Gasteiger partial charge is 0.345 e. The van der Waals surface area contributed by atoms with Gasteiger partial charge in [-0.15, -0.1) is 0 Å². The number of hydroxylamine groups is 2. The summed E-state index contributed by atoms with van der Waals surface area (Å²) in [6, 6.07) is 5.84. The molecule has 2 amide bonds. The lowest BCUT2D eigenvalue weighted by molar-refractivity contribution is -0.155. The quantitative estimate of drug-likeness (QED) is 0.286. The van der Waals surface area contributed by atoms with Crippen LogP contribution in [-0.2, 0) is 16.1 Å². The third-order valence-corrected chi connectivity index (χ3v) is 6.48. The lowest BCUT2D eigenvalue weighted by Gasteiger charge is -2.32. The Kier molecular flexibility index (Phi) is 8.13. The second-order valence-electron chi connectivity index (χ2n) is 10.8. The van der Waals surface area contributed by atoms with E-state index in [0.29, 0.717) is 29.6 Å². The van der Waals surface area contributed by atoms with Crippen LogP contribution in [-0.4, -0.2) is 58.1 Å². The van der Waals surface area contributed by atoms with Gasteiger partial charge in [-0.05, 0) is 49.5 Å². The number of carbonyl (C=O) groups excluding carboxylic acids is 2. The van der Waals surface area contributed by atoms with E-state index in [1.807, 2.05) is 20.2 Å². The highest BCUT2D eigenvalue weighted by atomic mass is 16.5. The van der Waals surface area contributed by atoms with Gasteiger partial charge in [-0.2, -0.15) is 0 Å². The second kappa shape index (κ2) is 10.7. The lowest BCUT2D eigenvalue weighted by atomic mass is 9.85. The normalized spacial score (nSPS) is 16.8. The first-order valence-electron chi connectivity index (χ1n) is 11.9. The number of hydrogen-bond acceptors (Lipinski definition) is 5. The Hall–Kier alpha value is -2.45. The molecule has 3 N–H and O–H groups in total. The Morgan fingerprint density at radius 3 is 2.61 bits per heavy atom. The summed E-state index contributed by atoms with van der Waals surface area (Å²) >= 11 is 0. The number of nitrogens with zero attached hydrogens (tertiary/aromatic N) is 3. The molecule has 1 heterocycles. The van der Waals surface area contributed by atoms with Crippen molar-refractivity contribution in [2.75, 3.05) is 20.6 Å². The van der Waals surface area contributed by atoms with E-state index in [1.54, 1.807) is 0 Å².